The van der Waals surface area contributed by atoms with Crippen molar-refractivity contribution in [1.82, 2.24) is 4.98 Å². The zero-order valence-electron chi connectivity index (χ0n) is 7.61. The predicted octanol–water partition coefficient (Wildman–Crippen LogP) is 1.66. The van der Waals surface area contributed by atoms with Crippen LogP contribution in [0.2, 0.25) is 0 Å². The van der Waals surface area contributed by atoms with E-state index >= 15 is 0 Å². The lowest BCUT2D eigenvalue weighted by Crippen LogP contribution is -2.28. The van der Waals surface area contributed by atoms with E-state index < -0.39 is 0 Å². The van der Waals surface area contributed by atoms with Gasteiger partial charge in [-0.25, -0.2) is 0 Å². The number of nitrogens with zero attached hydrogens (tertiary/aromatic N) is 2. The molecule has 0 radical (unpaired) electrons. The van der Waals surface area contributed by atoms with Crippen LogP contribution in [0.15, 0.2) is 21.2 Å². The largest absolute Gasteiger partial charge is 0.432 e. The highest BCUT2D eigenvalue weighted by Crippen LogP contribution is 2.21. The van der Waals surface area contributed by atoms with Crippen LogP contribution in [0, 0.1) is 0 Å². The SMILES string of the molecule is OCc1coc(N2CCC=C(Br)C2)n1. The Labute approximate surface area is 90.4 Å². The summed E-state index contributed by atoms with van der Waals surface area (Å²) in [6.07, 6.45) is 4.62. The quantitative estimate of drug-likeness (QED) is 0.877. The molecule has 0 spiro atoms. The minimum atomic E-state index is -0.0751. The summed E-state index contributed by atoms with van der Waals surface area (Å²) in [5.41, 5.74) is 0.575. The molecule has 1 aromatic heterocycles. The van der Waals surface area contributed by atoms with Crippen LogP contribution in [-0.2, 0) is 6.61 Å². The second-order valence-electron chi connectivity index (χ2n) is 3.14. The van der Waals surface area contributed by atoms with Crippen molar-refractivity contribution in [1.29, 1.82) is 0 Å². The minimum absolute atomic E-state index is 0.0751. The van der Waals surface area contributed by atoms with E-state index in [0.29, 0.717) is 11.7 Å². The fourth-order valence-corrected chi connectivity index (χ4v) is 1.91. The van der Waals surface area contributed by atoms with Gasteiger partial charge in [-0.15, -0.1) is 0 Å². The Morgan fingerprint density at radius 1 is 1.64 bits per heavy atom. The van der Waals surface area contributed by atoms with E-state index in [1.54, 1.807) is 0 Å². The molecule has 0 saturated carbocycles. The molecule has 1 aliphatic heterocycles. The summed E-state index contributed by atoms with van der Waals surface area (Å²) < 4.78 is 6.40. The van der Waals surface area contributed by atoms with Gasteiger partial charge in [-0.3, -0.25) is 0 Å². The summed E-state index contributed by atoms with van der Waals surface area (Å²) in [6, 6.07) is 0.582. The van der Waals surface area contributed by atoms with E-state index in [-0.39, 0.29) is 6.61 Å². The monoisotopic (exact) mass is 258 g/mol. The third-order valence-electron chi connectivity index (χ3n) is 2.08. The maximum Gasteiger partial charge on any atom is 0.297 e. The molecule has 5 heteroatoms. The summed E-state index contributed by atoms with van der Waals surface area (Å²) >= 11 is 3.45. The molecule has 4 nitrogen and oxygen atoms in total. The van der Waals surface area contributed by atoms with Crippen molar-refractivity contribution >= 4 is 21.9 Å². The van der Waals surface area contributed by atoms with E-state index in [0.717, 1.165) is 24.0 Å². The van der Waals surface area contributed by atoms with Gasteiger partial charge in [0, 0.05) is 11.0 Å². The molecule has 76 valence electrons. The third kappa shape index (κ3) is 1.99. The van der Waals surface area contributed by atoms with Gasteiger partial charge in [0.1, 0.15) is 12.0 Å². The Morgan fingerprint density at radius 2 is 2.50 bits per heavy atom. The maximum absolute atomic E-state index is 8.84. The lowest BCUT2D eigenvalue weighted by Gasteiger charge is -2.23. The predicted molar refractivity (Wildman–Crippen MR) is 56.3 cm³/mol. The van der Waals surface area contributed by atoms with Crippen molar-refractivity contribution in [2.45, 2.75) is 13.0 Å². The second kappa shape index (κ2) is 4.14. The van der Waals surface area contributed by atoms with Crippen LogP contribution in [-0.4, -0.2) is 23.2 Å². The number of aliphatic hydroxyl groups excluding tert-OH is 1. The zero-order chi connectivity index (χ0) is 9.97. The number of hydrogen-bond donors (Lipinski definition) is 1. The van der Waals surface area contributed by atoms with Gasteiger partial charge in [0.2, 0.25) is 0 Å². The van der Waals surface area contributed by atoms with Gasteiger partial charge in [0.25, 0.3) is 6.01 Å². The maximum atomic E-state index is 8.84. The zero-order valence-corrected chi connectivity index (χ0v) is 9.20. The van der Waals surface area contributed by atoms with Crippen molar-refractivity contribution in [3.63, 3.8) is 0 Å². The van der Waals surface area contributed by atoms with E-state index in [1.807, 2.05) is 4.90 Å². The molecule has 1 aromatic rings. The lowest BCUT2D eigenvalue weighted by molar-refractivity contribution is 0.276. The molecule has 0 aromatic carbocycles. The average molecular weight is 259 g/mol. The molecule has 1 aliphatic rings. The molecule has 2 heterocycles. The van der Waals surface area contributed by atoms with Crippen molar-refractivity contribution in [2.75, 3.05) is 18.0 Å². The van der Waals surface area contributed by atoms with E-state index in [9.17, 15) is 0 Å². The molecule has 0 saturated heterocycles. The molecule has 0 atom stereocenters. The molecule has 0 aliphatic carbocycles. The van der Waals surface area contributed by atoms with E-state index in [1.165, 1.54) is 6.26 Å². The highest BCUT2D eigenvalue weighted by atomic mass is 79.9. The minimum Gasteiger partial charge on any atom is -0.432 e. The highest BCUT2D eigenvalue weighted by Gasteiger charge is 2.16. The van der Waals surface area contributed by atoms with Crippen molar-refractivity contribution in [3.05, 3.63) is 22.5 Å². The number of oxazole rings is 1. The number of rotatable bonds is 2. The number of aliphatic hydroxyl groups is 1. The number of aromatic nitrogens is 1. The van der Waals surface area contributed by atoms with Crippen molar-refractivity contribution in [3.8, 4) is 0 Å². The van der Waals surface area contributed by atoms with Gasteiger partial charge in [-0.05, 0) is 6.42 Å². The molecule has 1 N–H and O–H groups in total. The van der Waals surface area contributed by atoms with Gasteiger partial charge in [-0.1, -0.05) is 22.0 Å². The number of hydrogen-bond acceptors (Lipinski definition) is 4. The summed E-state index contributed by atoms with van der Waals surface area (Å²) in [5.74, 6) is 0. The lowest BCUT2D eigenvalue weighted by atomic mass is 10.3. The second-order valence-corrected chi connectivity index (χ2v) is 4.16. The summed E-state index contributed by atoms with van der Waals surface area (Å²) in [4.78, 5) is 6.18. The van der Waals surface area contributed by atoms with E-state index in [2.05, 4.69) is 27.0 Å². The Bertz CT molecular complexity index is 348. The molecule has 14 heavy (non-hydrogen) atoms. The molecule has 0 amide bonds. The normalized spacial score (nSPS) is 17.0. The van der Waals surface area contributed by atoms with Crippen LogP contribution >= 0.6 is 15.9 Å². The van der Waals surface area contributed by atoms with E-state index in [4.69, 9.17) is 9.52 Å². The first-order valence-corrected chi connectivity index (χ1v) is 5.23. The molecule has 2 rings (SSSR count). The Balaban J connectivity index is 2.11. The summed E-state index contributed by atoms with van der Waals surface area (Å²) in [7, 11) is 0. The highest BCUT2D eigenvalue weighted by molar-refractivity contribution is 9.11. The first kappa shape index (κ1) is 9.73. The van der Waals surface area contributed by atoms with Crippen LogP contribution < -0.4 is 4.90 Å². The van der Waals surface area contributed by atoms with Gasteiger partial charge in [-0.2, -0.15) is 4.98 Å². The van der Waals surface area contributed by atoms with Crippen LogP contribution in [0.1, 0.15) is 12.1 Å². The average Bonchev–Trinajstić information content (AvgIpc) is 2.66. The third-order valence-corrected chi connectivity index (χ3v) is 2.65. The smallest absolute Gasteiger partial charge is 0.297 e. The van der Waals surface area contributed by atoms with Crippen molar-refractivity contribution < 1.29 is 9.52 Å². The Hall–Kier alpha value is -0.810. The van der Waals surface area contributed by atoms with Crippen molar-refractivity contribution in [2.24, 2.45) is 0 Å². The summed E-state index contributed by atoms with van der Waals surface area (Å²) in [6.45, 7) is 1.61. The van der Waals surface area contributed by atoms with Gasteiger partial charge >= 0.3 is 0 Å². The number of halogens is 1. The molecular formula is C9H11BrN2O2. The number of anilines is 1. The first-order valence-electron chi connectivity index (χ1n) is 4.44. The molecule has 0 bridgehead atoms. The molecular weight excluding hydrogens is 248 g/mol. The molecule has 0 unspecified atom stereocenters. The van der Waals surface area contributed by atoms with Gasteiger partial charge in [0.05, 0.1) is 13.2 Å². The molecule has 0 fully saturated rings. The summed E-state index contributed by atoms with van der Waals surface area (Å²) in [5, 5.41) is 8.84. The van der Waals surface area contributed by atoms with Crippen LogP contribution in [0.4, 0.5) is 6.01 Å². The Morgan fingerprint density at radius 3 is 3.14 bits per heavy atom. The Kier molecular flexibility index (Phi) is 2.88. The van der Waals surface area contributed by atoms with Crippen LogP contribution in [0.25, 0.3) is 0 Å². The topological polar surface area (TPSA) is 49.5 Å². The standard InChI is InChI=1S/C9H11BrN2O2/c10-7-2-1-3-12(4-7)9-11-8(5-13)6-14-9/h2,6,13H,1,3-5H2. The van der Waals surface area contributed by atoms with Gasteiger partial charge in [0.15, 0.2) is 0 Å². The fourth-order valence-electron chi connectivity index (χ4n) is 1.38. The first-order chi connectivity index (χ1) is 6.79. The van der Waals surface area contributed by atoms with Gasteiger partial charge < -0.3 is 14.4 Å². The van der Waals surface area contributed by atoms with Crippen LogP contribution in [0.5, 0.6) is 0 Å². The fraction of sp³-hybridized carbons (Fsp3) is 0.444. The van der Waals surface area contributed by atoms with Crippen LogP contribution in [0.3, 0.4) is 0 Å².